The molecular weight excluding hydrogens is 380 g/mol. The van der Waals surface area contributed by atoms with E-state index in [1.165, 1.54) is 6.33 Å². The maximum Gasteiger partial charge on any atom is 0.148 e. The molecule has 1 aliphatic rings. The van der Waals surface area contributed by atoms with E-state index in [0.717, 1.165) is 16.3 Å². The lowest BCUT2D eigenvalue weighted by Crippen LogP contribution is -2.24. The summed E-state index contributed by atoms with van der Waals surface area (Å²) in [4.78, 5) is 8.46. The van der Waals surface area contributed by atoms with E-state index in [1.807, 2.05) is 36.5 Å². The van der Waals surface area contributed by atoms with Crippen molar-refractivity contribution in [2.45, 2.75) is 24.9 Å². The van der Waals surface area contributed by atoms with Gasteiger partial charge in [-0.15, -0.1) is 0 Å². The number of nitrogens with zero attached hydrogens (tertiary/aromatic N) is 3. The van der Waals surface area contributed by atoms with Crippen LogP contribution in [0.1, 0.15) is 23.8 Å². The van der Waals surface area contributed by atoms with Gasteiger partial charge in [0.25, 0.3) is 0 Å². The second-order valence-corrected chi connectivity index (χ2v) is 7.33. The molecule has 1 aliphatic heterocycles. The summed E-state index contributed by atoms with van der Waals surface area (Å²) in [7, 11) is 0. The second-order valence-electron chi connectivity index (χ2n) is 7.33. The Morgan fingerprint density at radius 3 is 2.77 bits per heavy atom. The highest BCUT2D eigenvalue weighted by Crippen LogP contribution is 2.33. The second kappa shape index (κ2) is 7.43. The van der Waals surface area contributed by atoms with Gasteiger partial charge in [-0.3, -0.25) is 0 Å². The molecular formula is C23H20N4O3. The molecule has 150 valence electrons. The Morgan fingerprint density at radius 2 is 1.97 bits per heavy atom. The number of aliphatic hydroxyl groups excluding tert-OH is 2. The van der Waals surface area contributed by atoms with E-state index in [1.54, 1.807) is 4.57 Å². The number of nitrogens with two attached hydrogens (primary N) is 1. The molecule has 1 saturated heterocycles. The SMILES string of the molecule is Nc1ncnc2c1c(C#Cc1ccc3ccccc3c1)cn2[C@H]1C[C@H](O)[C@@H](CO)O1. The summed E-state index contributed by atoms with van der Waals surface area (Å²) in [6, 6.07) is 14.2. The zero-order chi connectivity index (χ0) is 20.7. The van der Waals surface area contributed by atoms with Crippen molar-refractivity contribution in [3.63, 3.8) is 0 Å². The number of fused-ring (bicyclic) bond motifs is 2. The molecule has 2 aromatic heterocycles. The predicted molar refractivity (Wildman–Crippen MR) is 113 cm³/mol. The minimum absolute atomic E-state index is 0.247. The molecule has 3 atom stereocenters. The molecule has 0 spiro atoms. The summed E-state index contributed by atoms with van der Waals surface area (Å²) < 4.78 is 7.60. The smallest absolute Gasteiger partial charge is 0.148 e. The number of rotatable bonds is 2. The molecule has 2 aromatic carbocycles. The normalized spacial score (nSPS) is 21.1. The van der Waals surface area contributed by atoms with Crippen molar-refractivity contribution in [3.8, 4) is 11.8 Å². The van der Waals surface area contributed by atoms with Gasteiger partial charge in [-0.2, -0.15) is 0 Å². The third-order valence-corrected chi connectivity index (χ3v) is 5.42. The molecule has 5 rings (SSSR count). The molecule has 4 aromatic rings. The number of aliphatic hydroxyl groups is 2. The average molecular weight is 400 g/mol. The summed E-state index contributed by atoms with van der Waals surface area (Å²) in [6.45, 7) is -0.247. The Bertz CT molecular complexity index is 1300. The molecule has 0 amide bonds. The number of hydrogen-bond donors (Lipinski definition) is 3. The first kappa shape index (κ1) is 18.6. The van der Waals surface area contributed by atoms with Crippen molar-refractivity contribution in [3.05, 3.63) is 66.1 Å². The molecule has 0 radical (unpaired) electrons. The van der Waals surface area contributed by atoms with E-state index in [9.17, 15) is 10.2 Å². The Kier molecular flexibility index (Phi) is 4.60. The highest BCUT2D eigenvalue weighted by molar-refractivity contribution is 5.92. The van der Waals surface area contributed by atoms with Crippen LogP contribution in [-0.2, 0) is 4.74 Å². The lowest BCUT2D eigenvalue weighted by molar-refractivity contribution is -0.0430. The summed E-state index contributed by atoms with van der Waals surface area (Å²) in [5.74, 6) is 6.72. The Hall–Kier alpha value is -3.44. The topological polar surface area (TPSA) is 106 Å². The standard InChI is InChI=1S/C23H20N4O3/c24-22-21-17(8-6-14-5-7-15-3-1-2-4-16(15)9-14)11-27(23(21)26-13-25-22)20-10-18(29)19(12-28)30-20/h1-5,7,9,11,13,18-20,28-29H,10,12H2,(H2,24,25,26)/t18-,19+,20+/m0/s1. The minimum atomic E-state index is -0.747. The molecule has 0 unspecified atom stereocenters. The van der Waals surface area contributed by atoms with Gasteiger partial charge in [0.05, 0.1) is 23.7 Å². The first-order valence-corrected chi connectivity index (χ1v) is 9.70. The molecule has 7 nitrogen and oxygen atoms in total. The molecule has 0 saturated carbocycles. The van der Waals surface area contributed by atoms with Crippen molar-refractivity contribution in [1.82, 2.24) is 14.5 Å². The summed E-state index contributed by atoms with van der Waals surface area (Å²) in [6.07, 6.45) is 1.72. The van der Waals surface area contributed by atoms with Crippen LogP contribution in [0.25, 0.3) is 21.8 Å². The average Bonchev–Trinajstić information content (AvgIpc) is 3.33. The highest BCUT2D eigenvalue weighted by Gasteiger charge is 2.35. The number of nitrogen functional groups attached to an aromatic ring is 1. The van der Waals surface area contributed by atoms with Crippen LogP contribution in [0, 0.1) is 11.8 Å². The Labute approximate surface area is 172 Å². The van der Waals surface area contributed by atoms with Crippen LogP contribution in [-0.4, -0.2) is 43.6 Å². The zero-order valence-electron chi connectivity index (χ0n) is 16.1. The van der Waals surface area contributed by atoms with Gasteiger partial charge >= 0.3 is 0 Å². The van der Waals surface area contributed by atoms with Crippen molar-refractivity contribution in [2.24, 2.45) is 0 Å². The number of anilines is 1. The van der Waals surface area contributed by atoms with Crippen LogP contribution in [0.3, 0.4) is 0 Å². The largest absolute Gasteiger partial charge is 0.394 e. The fourth-order valence-electron chi connectivity index (χ4n) is 3.88. The fraction of sp³-hybridized carbons (Fsp3) is 0.217. The monoisotopic (exact) mass is 400 g/mol. The van der Waals surface area contributed by atoms with Gasteiger partial charge in [0.2, 0.25) is 0 Å². The van der Waals surface area contributed by atoms with Gasteiger partial charge in [0.15, 0.2) is 0 Å². The van der Waals surface area contributed by atoms with E-state index in [0.29, 0.717) is 28.8 Å². The van der Waals surface area contributed by atoms with Crippen molar-refractivity contribution in [2.75, 3.05) is 12.3 Å². The predicted octanol–water partition coefficient (Wildman–Crippen LogP) is 2.21. The zero-order valence-corrected chi connectivity index (χ0v) is 16.1. The molecule has 4 N–H and O–H groups in total. The third-order valence-electron chi connectivity index (χ3n) is 5.42. The maximum absolute atomic E-state index is 10.1. The van der Waals surface area contributed by atoms with Crippen LogP contribution >= 0.6 is 0 Å². The van der Waals surface area contributed by atoms with Crippen molar-refractivity contribution < 1.29 is 14.9 Å². The van der Waals surface area contributed by atoms with Crippen molar-refractivity contribution in [1.29, 1.82) is 0 Å². The van der Waals surface area contributed by atoms with E-state index in [4.69, 9.17) is 10.5 Å². The highest BCUT2D eigenvalue weighted by atomic mass is 16.5. The quantitative estimate of drug-likeness (QED) is 0.446. The van der Waals surface area contributed by atoms with Gasteiger partial charge in [-0.05, 0) is 22.9 Å². The van der Waals surface area contributed by atoms with Crippen LogP contribution in [0.4, 0.5) is 5.82 Å². The van der Waals surface area contributed by atoms with Crippen molar-refractivity contribution >= 4 is 27.6 Å². The van der Waals surface area contributed by atoms with Gasteiger partial charge in [-0.1, -0.05) is 42.2 Å². The molecule has 0 aliphatic carbocycles. The number of aromatic nitrogens is 3. The van der Waals surface area contributed by atoms with E-state index < -0.39 is 18.4 Å². The van der Waals surface area contributed by atoms with Gasteiger partial charge in [0, 0.05) is 18.2 Å². The first-order valence-electron chi connectivity index (χ1n) is 9.70. The summed E-state index contributed by atoms with van der Waals surface area (Å²) >= 11 is 0. The summed E-state index contributed by atoms with van der Waals surface area (Å²) in [5.41, 5.74) is 8.28. The molecule has 30 heavy (non-hydrogen) atoms. The van der Waals surface area contributed by atoms with E-state index in [-0.39, 0.29) is 6.61 Å². The molecule has 1 fully saturated rings. The van der Waals surface area contributed by atoms with Crippen LogP contribution in [0.2, 0.25) is 0 Å². The Morgan fingerprint density at radius 1 is 1.13 bits per heavy atom. The minimum Gasteiger partial charge on any atom is -0.394 e. The fourth-order valence-corrected chi connectivity index (χ4v) is 3.88. The van der Waals surface area contributed by atoms with Gasteiger partial charge in [-0.25, -0.2) is 9.97 Å². The van der Waals surface area contributed by atoms with Crippen LogP contribution in [0.5, 0.6) is 0 Å². The molecule has 3 heterocycles. The molecule has 0 bridgehead atoms. The van der Waals surface area contributed by atoms with E-state index >= 15 is 0 Å². The number of benzene rings is 2. The third kappa shape index (κ3) is 3.17. The van der Waals surface area contributed by atoms with Gasteiger partial charge < -0.3 is 25.3 Å². The molecule has 7 heteroatoms. The summed E-state index contributed by atoms with van der Waals surface area (Å²) in [5, 5.41) is 22.4. The van der Waals surface area contributed by atoms with Gasteiger partial charge in [0.1, 0.15) is 30.1 Å². The van der Waals surface area contributed by atoms with Crippen LogP contribution in [0.15, 0.2) is 55.0 Å². The lowest BCUT2D eigenvalue weighted by Gasteiger charge is -2.14. The Balaban J connectivity index is 1.57. The number of ether oxygens (including phenoxy) is 1. The van der Waals surface area contributed by atoms with E-state index in [2.05, 4.69) is 33.9 Å². The number of hydrogen-bond acceptors (Lipinski definition) is 6. The first-order chi connectivity index (χ1) is 14.6. The maximum atomic E-state index is 10.1. The lowest BCUT2D eigenvalue weighted by atomic mass is 10.1. The van der Waals surface area contributed by atoms with Crippen LogP contribution < -0.4 is 5.73 Å².